The van der Waals surface area contributed by atoms with Gasteiger partial charge in [-0.3, -0.25) is 9.59 Å². The highest BCUT2D eigenvalue weighted by Gasteiger charge is 2.31. The van der Waals surface area contributed by atoms with Crippen LogP contribution in [0.15, 0.2) is 42.5 Å². The van der Waals surface area contributed by atoms with Crippen LogP contribution >= 0.6 is 11.8 Å². The van der Waals surface area contributed by atoms with E-state index in [4.69, 9.17) is 4.74 Å². The van der Waals surface area contributed by atoms with Crippen molar-refractivity contribution in [3.05, 3.63) is 65.0 Å². The largest absolute Gasteiger partial charge is 0.491 e. The van der Waals surface area contributed by atoms with Crippen LogP contribution in [0.2, 0.25) is 0 Å². The number of aliphatic hydroxyl groups is 1. The molecule has 0 spiro atoms. The Kier molecular flexibility index (Phi) is 12.3. The highest BCUT2D eigenvalue weighted by Crippen LogP contribution is 2.29. The van der Waals surface area contributed by atoms with Crippen molar-refractivity contribution in [2.24, 2.45) is 0 Å². The SMILES string of the molecule is CSCC[C@H]1C(=O)N[C@H]([C@H](O)CNCc2cccc(C(F)(F)F)c2)Cc2ccc(c(F)c2)OCCCCC(=O)N1C. The van der Waals surface area contributed by atoms with Crippen LogP contribution in [0.25, 0.3) is 0 Å². The van der Waals surface area contributed by atoms with Gasteiger partial charge in [-0.1, -0.05) is 24.3 Å². The number of rotatable bonds is 8. The van der Waals surface area contributed by atoms with Crippen LogP contribution < -0.4 is 15.4 Å². The second kappa shape index (κ2) is 15.4. The fourth-order valence-corrected chi connectivity index (χ4v) is 5.07. The predicted octanol–water partition coefficient (Wildman–Crippen LogP) is 4.17. The summed E-state index contributed by atoms with van der Waals surface area (Å²) in [4.78, 5) is 27.8. The molecule has 3 atom stereocenters. The normalized spacial score (nSPS) is 20.0. The molecule has 226 valence electrons. The van der Waals surface area contributed by atoms with Gasteiger partial charge in [-0.05, 0) is 67.0 Å². The summed E-state index contributed by atoms with van der Waals surface area (Å²) in [5, 5.41) is 16.9. The second-order valence-electron chi connectivity index (χ2n) is 10.1. The number of thioether (sulfide) groups is 1. The molecule has 0 saturated carbocycles. The van der Waals surface area contributed by atoms with E-state index in [1.54, 1.807) is 13.1 Å². The molecule has 2 amide bonds. The summed E-state index contributed by atoms with van der Waals surface area (Å²) in [6, 6.07) is 7.66. The number of aliphatic hydroxyl groups excluding tert-OH is 1. The van der Waals surface area contributed by atoms with Gasteiger partial charge in [0.2, 0.25) is 11.8 Å². The maximum absolute atomic E-state index is 14.7. The first-order chi connectivity index (χ1) is 19.5. The standard InChI is InChI=1S/C29H37F4N3O4S/c1-36-24(11-13-41-2)28(39)35-23(25(37)18-34-17-20-6-5-7-21(14-20)29(31,32)33)16-19-9-10-26(22(30)15-19)40-12-4-3-8-27(36)38/h5-7,9-10,14-15,23-25,34,37H,3-4,8,11-13,16-18H2,1-2H3,(H,35,39)/t23-,24-,25+/m0/s1. The van der Waals surface area contributed by atoms with E-state index < -0.39 is 41.7 Å². The number of halogens is 4. The number of carbonyl (C=O) groups excluding carboxylic acids is 2. The van der Waals surface area contributed by atoms with Gasteiger partial charge in [0.25, 0.3) is 0 Å². The van der Waals surface area contributed by atoms with E-state index in [0.717, 1.165) is 12.1 Å². The lowest BCUT2D eigenvalue weighted by Crippen LogP contribution is -2.55. The molecule has 41 heavy (non-hydrogen) atoms. The molecule has 0 fully saturated rings. The summed E-state index contributed by atoms with van der Waals surface area (Å²) in [7, 11) is 1.59. The Hall–Kier alpha value is -2.83. The molecule has 2 bridgehead atoms. The number of alkyl halides is 3. The molecule has 2 aromatic carbocycles. The maximum atomic E-state index is 14.7. The van der Waals surface area contributed by atoms with Gasteiger partial charge in [0.05, 0.1) is 24.3 Å². The van der Waals surface area contributed by atoms with Gasteiger partial charge in [0.1, 0.15) is 6.04 Å². The predicted molar refractivity (Wildman–Crippen MR) is 150 cm³/mol. The van der Waals surface area contributed by atoms with Crippen molar-refractivity contribution in [2.45, 2.75) is 63.0 Å². The summed E-state index contributed by atoms with van der Waals surface area (Å²) in [5.41, 5.74) is 0.116. The average Bonchev–Trinajstić information content (AvgIpc) is 2.92. The summed E-state index contributed by atoms with van der Waals surface area (Å²) in [5.74, 6) is -0.519. The molecule has 0 aliphatic carbocycles. The lowest BCUT2D eigenvalue weighted by molar-refractivity contribution is -0.139. The third-order valence-electron chi connectivity index (χ3n) is 6.98. The number of carbonyl (C=O) groups is 2. The van der Waals surface area contributed by atoms with Crippen molar-refractivity contribution in [3.8, 4) is 5.75 Å². The van der Waals surface area contributed by atoms with Crippen LogP contribution in [0.3, 0.4) is 0 Å². The molecule has 0 radical (unpaired) electrons. The van der Waals surface area contributed by atoms with Gasteiger partial charge in [0, 0.05) is 26.6 Å². The lowest BCUT2D eigenvalue weighted by Gasteiger charge is -2.31. The smallest absolute Gasteiger partial charge is 0.416 e. The molecular weight excluding hydrogens is 562 g/mol. The minimum absolute atomic E-state index is 0.0515. The van der Waals surface area contributed by atoms with Gasteiger partial charge in [-0.25, -0.2) is 4.39 Å². The molecule has 0 unspecified atom stereocenters. The molecule has 2 aliphatic rings. The number of ether oxygens (including phenoxy) is 1. The molecule has 4 rings (SSSR count). The van der Waals surface area contributed by atoms with Crippen LogP contribution in [-0.2, 0) is 28.7 Å². The zero-order valence-corrected chi connectivity index (χ0v) is 24.0. The number of benzene rings is 2. The molecule has 12 heteroatoms. The second-order valence-corrected chi connectivity index (χ2v) is 11.1. The van der Waals surface area contributed by atoms with Gasteiger partial charge in [-0.15, -0.1) is 0 Å². The first kappa shape index (κ1) is 32.7. The number of nitrogens with one attached hydrogen (secondary N) is 2. The third kappa shape index (κ3) is 9.89. The topological polar surface area (TPSA) is 90.9 Å². The van der Waals surface area contributed by atoms with Crippen LogP contribution in [0.1, 0.15) is 42.4 Å². The van der Waals surface area contributed by atoms with E-state index in [0.29, 0.717) is 36.1 Å². The highest BCUT2D eigenvalue weighted by atomic mass is 32.2. The van der Waals surface area contributed by atoms with Gasteiger partial charge >= 0.3 is 6.18 Å². The van der Waals surface area contributed by atoms with Gasteiger partial charge in [-0.2, -0.15) is 24.9 Å². The fourth-order valence-electron chi connectivity index (χ4n) is 4.61. The Balaban J connectivity index is 1.81. The van der Waals surface area contributed by atoms with Crippen molar-refractivity contribution < 1.29 is 37.0 Å². The number of likely N-dealkylation sites (N-methyl/N-ethyl adjacent to an activating group) is 1. The molecular formula is C29H37F4N3O4S. The first-order valence-electron chi connectivity index (χ1n) is 13.5. The van der Waals surface area contributed by atoms with Crippen LogP contribution in [0, 0.1) is 5.82 Å². The van der Waals surface area contributed by atoms with E-state index in [2.05, 4.69) is 10.6 Å². The number of fused-ring (bicyclic) bond motifs is 13. The Morgan fingerprint density at radius 2 is 1.98 bits per heavy atom. The van der Waals surface area contributed by atoms with E-state index in [1.165, 1.54) is 40.9 Å². The maximum Gasteiger partial charge on any atom is 0.416 e. The Morgan fingerprint density at radius 3 is 2.68 bits per heavy atom. The fraction of sp³-hybridized carbons (Fsp3) is 0.517. The molecule has 2 aromatic rings. The van der Waals surface area contributed by atoms with Gasteiger partial charge < -0.3 is 25.4 Å². The van der Waals surface area contributed by atoms with Crippen LogP contribution in [0.5, 0.6) is 5.75 Å². The molecule has 2 aliphatic heterocycles. The lowest BCUT2D eigenvalue weighted by atomic mass is 9.99. The Morgan fingerprint density at radius 1 is 1.20 bits per heavy atom. The van der Waals surface area contributed by atoms with E-state index >= 15 is 0 Å². The summed E-state index contributed by atoms with van der Waals surface area (Å²) in [6.45, 7) is 0.230. The minimum Gasteiger partial charge on any atom is -0.491 e. The Bertz CT molecular complexity index is 1170. The number of hydrogen-bond donors (Lipinski definition) is 3. The molecule has 0 aromatic heterocycles. The highest BCUT2D eigenvalue weighted by molar-refractivity contribution is 7.98. The van der Waals surface area contributed by atoms with Crippen molar-refractivity contribution in [3.63, 3.8) is 0 Å². The third-order valence-corrected chi connectivity index (χ3v) is 7.63. The quantitative estimate of drug-likeness (QED) is 0.395. The molecule has 0 saturated heterocycles. The summed E-state index contributed by atoms with van der Waals surface area (Å²) in [6.07, 6.45) is -2.01. The number of hydrogen-bond acceptors (Lipinski definition) is 6. The van der Waals surface area contributed by atoms with Crippen molar-refractivity contribution in [1.29, 1.82) is 0 Å². The first-order valence-corrected chi connectivity index (χ1v) is 14.9. The summed E-state index contributed by atoms with van der Waals surface area (Å²) >= 11 is 1.54. The minimum atomic E-state index is -4.47. The molecule has 7 nitrogen and oxygen atoms in total. The van der Waals surface area contributed by atoms with Crippen molar-refractivity contribution >= 4 is 23.6 Å². The van der Waals surface area contributed by atoms with Crippen LogP contribution in [0.4, 0.5) is 17.6 Å². The van der Waals surface area contributed by atoms with E-state index in [9.17, 15) is 32.3 Å². The number of nitrogens with zero attached hydrogens (tertiary/aromatic N) is 1. The van der Waals surface area contributed by atoms with Crippen molar-refractivity contribution in [1.82, 2.24) is 15.5 Å². The van der Waals surface area contributed by atoms with Gasteiger partial charge in [0.15, 0.2) is 11.6 Å². The van der Waals surface area contributed by atoms with Crippen molar-refractivity contribution in [2.75, 3.05) is 32.2 Å². The summed E-state index contributed by atoms with van der Waals surface area (Å²) < 4.78 is 59.5. The monoisotopic (exact) mass is 599 g/mol. The average molecular weight is 600 g/mol. The number of amides is 2. The zero-order valence-electron chi connectivity index (χ0n) is 23.2. The zero-order chi connectivity index (χ0) is 30.0. The van der Waals surface area contributed by atoms with Crippen LogP contribution in [-0.4, -0.2) is 72.2 Å². The molecule has 3 N–H and O–H groups in total. The van der Waals surface area contributed by atoms with E-state index in [1.807, 2.05) is 6.26 Å². The van der Waals surface area contributed by atoms with E-state index in [-0.39, 0.29) is 44.2 Å². The molecule has 2 heterocycles. The Labute approximate surface area is 242 Å².